The van der Waals surface area contributed by atoms with E-state index in [1.807, 2.05) is 0 Å². The maximum atomic E-state index is 13.5. The van der Waals surface area contributed by atoms with E-state index < -0.39 is 26.0 Å². The first kappa shape index (κ1) is 28.3. The molecule has 2 aromatic rings. The van der Waals surface area contributed by atoms with E-state index in [0.717, 1.165) is 45.2 Å². The minimum Gasteiger partial charge on any atom is -0.379 e. The standard InChI is InChI=1S/C26H33ClN4O6S2/c27-23-8-6-20(38(33,34)30-12-2-1-3-13-30)18-22(23)26(32)28-24-19-21(7-9-25(24)29-10-4-5-11-29)39(35,36)31-14-16-37-17-15-31/h6-9,18-19H,1-5,10-17H2,(H,28,32). The van der Waals surface area contributed by atoms with Crippen LogP contribution in [-0.4, -0.2) is 83.8 Å². The Morgan fingerprint density at radius 1 is 0.744 bits per heavy atom. The lowest BCUT2D eigenvalue weighted by atomic mass is 10.2. The third-order valence-electron chi connectivity index (χ3n) is 7.41. The van der Waals surface area contributed by atoms with E-state index in [1.54, 1.807) is 12.1 Å². The van der Waals surface area contributed by atoms with Crippen LogP contribution in [0.1, 0.15) is 42.5 Å². The molecule has 0 aromatic heterocycles. The van der Waals surface area contributed by atoms with Crippen LogP contribution in [-0.2, 0) is 24.8 Å². The number of hydrogen-bond acceptors (Lipinski definition) is 7. The fourth-order valence-electron chi connectivity index (χ4n) is 5.23. The Kier molecular flexibility index (Phi) is 8.51. The van der Waals surface area contributed by atoms with Crippen molar-refractivity contribution in [2.75, 3.05) is 62.7 Å². The molecule has 0 saturated carbocycles. The van der Waals surface area contributed by atoms with E-state index in [9.17, 15) is 21.6 Å². The van der Waals surface area contributed by atoms with Crippen molar-refractivity contribution in [3.63, 3.8) is 0 Å². The highest BCUT2D eigenvalue weighted by atomic mass is 35.5. The zero-order valence-corrected chi connectivity index (χ0v) is 24.0. The normalized spacial score (nSPS) is 19.8. The number of hydrogen-bond donors (Lipinski definition) is 1. The van der Waals surface area contributed by atoms with Crippen LogP contribution in [0.15, 0.2) is 46.2 Å². The summed E-state index contributed by atoms with van der Waals surface area (Å²) in [6.45, 7) is 3.60. The molecule has 3 saturated heterocycles. The van der Waals surface area contributed by atoms with Gasteiger partial charge in [-0.3, -0.25) is 4.79 Å². The van der Waals surface area contributed by atoms with Crippen molar-refractivity contribution in [1.82, 2.24) is 8.61 Å². The van der Waals surface area contributed by atoms with Gasteiger partial charge < -0.3 is 15.0 Å². The van der Waals surface area contributed by atoms with Gasteiger partial charge in [-0.05, 0) is 62.1 Å². The van der Waals surface area contributed by atoms with E-state index in [4.69, 9.17) is 16.3 Å². The van der Waals surface area contributed by atoms with Crippen LogP contribution < -0.4 is 10.2 Å². The van der Waals surface area contributed by atoms with E-state index in [2.05, 4.69) is 10.2 Å². The molecule has 0 bridgehead atoms. The number of carbonyl (C=O) groups excluding carboxylic acids is 1. The smallest absolute Gasteiger partial charge is 0.257 e. The molecule has 0 unspecified atom stereocenters. The van der Waals surface area contributed by atoms with Crippen molar-refractivity contribution in [3.05, 3.63) is 47.0 Å². The number of anilines is 2. The number of nitrogens with one attached hydrogen (secondary N) is 1. The molecule has 3 aliphatic heterocycles. The van der Waals surface area contributed by atoms with Gasteiger partial charge in [-0.2, -0.15) is 8.61 Å². The van der Waals surface area contributed by atoms with Crippen molar-refractivity contribution in [1.29, 1.82) is 0 Å². The number of nitrogens with zero attached hydrogens (tertiary/aromatic N) is 3. The summed E-state index contributed by atoms with van der Waals surface area (Å²) < 4.78 is 61.2. The third-order valence-corrected chi connectivity index (χ3v) is 11.5. The number of rotatable bonds is 7. The van der Waals surface area contributed by atoms with Crippen molar-refractivity contribution < 1.29 is 26.4 Å². The summed E-state index contributed by atoms with van der Waals surface area (Å²) in [6, 6.07) is 8.87. The van der Waals surface area contributed by atoms with Crippen LogP contribution in [0.2, 0.25) is 5.02 Å². The van der Waals surface area contributed by atoms with E-state index in [-0.39, 0.29) is 33.5 Å². The lowest BCUT2D eigenvalue weighted by Crippen LogP contribution is -2.40. The van der Waals surface area contributed by atoms with Gasteiger partial charge in [0.1, 0.15) is 0 Å². The summed E-state index contributed by atoms with van der Waals surface area (Å²) in [5.74, 6) is -0.614. The maximum Gasteiger partial charge on any atom is 0.257 e. The fourth-order valence-corrected chi connectivity index (χ4v) is 8.41. The van der Waals surface area contributed by atoms with E-state index in [1.165, 1.54) is 32.9 Å². The Morgan fingerprint density at radius 3 is 1.97 bits per heavy atom. The van der Waals surface area contributed by atoms with Crippen LogP contribution in [0.25, 0.3) is 0 Å². The Hall–Kier alpha value is -2.22. The highest BCUT2D eigenvalue weighted by Gasteiger charge is 2.30. The summed E-state index contributed by atoms with van der Waals surface area (Å²) >= 11 is 6.37. The Morgan fingerprint density at radius 2 is 1.31 bits per heavy atom. The van der Waals surface area contributed by atoms with Gasteiger partial charge in [-0.25, -0.2) is 16.8 Å². The Labute approximate surface area is 235 Å². The number of morpholine rings is 1. The summed E-state index contributed by atoms with van der Waals surface area (Å²) in [6.07, 6.45) is 4.55. The van der Waals surface area contributed by atoms with Crippen molar-refractivity contribution in [3.8, 4) is 0 Å². The van der Waals surface area contributed by atoms with Crippen molar-refractivity contribution >= 4 is 48.9 Å². The molecule has 10 nitrogen and oxygen atoms in total. The first-order valence-corrected chi connectivity index (χ1v) is 16.5. The van der Waals surface area contributed by atoms with Gasteiger partial charge in [0.2, 0.25) is 20.0 Å². The molecule has 3 aliphatic rings. The van der Waals surface area contributed by atoms with Gasteiger partial charge in [0.05, 0.1) is 45.0 Å². The predicted molar refractivity (Wildman–Crippen MR) is 149 cm³/mol. The fraction of sp³-hybridized carbons (Fsp3) is 0.500. The zero-order valence-electron chi connectivity index (χ0n) is 21.6. The number of carbonyl (C=O) groups is 1. The molecule has 1 N–H and O–H groups in total. The molecular formula is C26H33ClN4O6S2. The van der Waals surface area contributed by atoms with Crippen LogP contribution in [0.4, 0.5) is 11.4 Å². The minimum absolute atomic E-state index is 0.00219. The SMILES string of the molecule is O=C(Nc1cc(S(=O)(=O)N2CCOCC2)ccc1N1CCCC1)c1cc(S(=O)(=O)N2CCCCC2)ccc1Cl. The zero-order chi connectivity index (χ0) is 27.6. The van der Waals surface area contributed by atoms with Crippen LogP contribution in [0.3, 0.4) is 0 Å². The number of benzene rings is 2. The Bertz CT molecular complexity index is 1430. The second-order valence-corrected chi connectivity index (χ2v) is 14.2. The molecule has 0 spiro atoms. The van der Waals surface area contributed by atoms with Crippen LogP contribution in [0.5, 0.6) is 0 Å². The number of sulfonamides is 2. The molecule has 3 fully saturated rings. The number of piperidine rings is 1. The topological polar surface area (TPSA) is 116 Å². The molecule has 212 valence electrons. The third kappa shape index (κ3) is 5.96. The highest BCUT2D eigenvalue weighted by molar-refractivity contribution is 7.89. The van der Waals surface area contributed by atoms with E-state index >= 15 is 0 Å². The van der Waals surface area contributed by atoms with Crippen LogP contribution >= 0.6 is 11.6 Å². The maximum absolute atomic E-state index is 13.5. The number of amides is 1. The molecule has 0 aliphatic carbocycles. The predicted octanol–water partition coefficient (Wildman–Crippen LogP) is 3.39. The molecule has 2 aromatic carbocycles. The lowest BCUT2D eigenvalue weighted by Gasteiger charge is -2.27. The van der Waals surface area contributed by atoms with Gasteiger partial charge in [0.25, 0.3) is 5.91 Å². The largest absolute Gasteiger partial charge is 0.379 e. The molecule has 0 radical (unpaired) electrons. The highest BCUT2D eigenvalue weighted by Crippen LogP contribution is 2.34. The average molecular weight is 597 g/mol. The monoisotopic (exact) mass is 596 g/mol. The minimum atomic E-state index is -3.80. The van der Waals surface area contributed by atoms with Gasteiger partial charge >= 0.3 is 0 Å². The molecule has 5 rings (SSSR count). The number of ether oxygens (including phenoxy) is 1. The lowest BCUT2D eigenvalue weighted by molar-refractivity contribution is 0.0730. The van der Waals surface area contributed by atoms with Gasteiger partial charge in [0, 0.05) is 39.3 Å². The molecule has 39 heavy (non-hydrogen) atoms. The molecule has 1 amide bonds. The number of halogens is 1. The molecule has 0 atom stereocenters. The Balaban J connectivity index is 1.47. The summed E-state index contributed by atoms with van der Waals surface area (Å²) in [5.41, 5.74) is 1.04. The van der Waals surface area contributed by atoms with E-state index in [0.29, 0.717) is 37.7 Å². The van der Waals surface area contributed by atoms with Crippen molar-refractivity contribution in [2.24, 2.45) is 0 Å². The second kappa shape index (κ2) is 11.7. The first-order valence-electron chi connectivity index (χ1n) is 13.3. The summed E-state index contributed by atoms with van der Waals surface area (Å²) in [5, 5.41) is 2.94. The van der Waals surface area contributed by atoms with Crippen molar-refractivity contribution in [2.45, 2.75) is 41.9 Å². The summed E-state index contributed by atoms with van der Waals surface area (Å²) in [4.78, 5) is 15.7. The van der Waals surface area contributed by atoms with Gasteiger partial charge in [0.15, 0.2) is 0 Å². The van der Waals surface area contributed by atoms with Gasteiger partial charge in [-0.1, -0.05) is 18.0 Å². The quantitative estimate of drug-likeness (QED) is 0.521. The average Bonchev–Trinajstić information content (AvgIpc) is 3.49. The summed E-state index contributed by atoms with van der Waals surface area (Å²) in [7, 11) is -7.58. The molecule has 3 heterocycles. The molecule has 13 heteroatoms. The second-order valence-electron chi connectivity index (χ2n) is 9.95. The van der Waals surface area contributed by atoms with Gasteiger partial charge in [-0.15, -0.1) is 0 Å². The first-order chi connectivity index (χ1) is 18.7. The molecular weight excluding hydrogens is 564 g/mol. The van der Waals surface area contributed by atoms with Crippen LogP contribution in [0, 0.1) is 0 Å².